The summed E-state index contributed by atoms with van der Waals surface area (Å²) in [6.45, 7) is 2.42. The summed E-state index contributed by atoms with van der Waals surface area (Å²) in [4.78, 5) is 16.5. The highest BCUT2D eigenvalue weighted by Gasteiger charge is 2.42. The number of hydrogen-bond acceptors (Lipinski definition) is 7. The Balaban J connectivity index is 1.55. The average Bonchev–Trinajstić information content (AvgIpc) is 2.90. The fourth-order valence-corrected chi connectivity index (χ4v) is 6.09. The number of nitrogens with zero attached hydrogens (tertiary/aromatic N) is 5. The van der Waals surface area contributed by atoms with Crippen LogP contribution in [0, 0.1) is 5.82 Å². The molecular formula is C18H22FN5O2S. The van der Waals surface area contributed by atoms with E-state index < -0.39 is 20.9 Å². The van der Waals surface area contributed by atoms with Gasteiger partial charge in [-0.25, -0.2) is 22.8 Å². The van der Waals surface area contributed by atoms with E-state index >= 15 is 0 Å². The van der Waals surface area contributed by atoms with E-state index in [2.05, 4.69) is 19.9 Å². The van der Waals surface area contributed by atoms with Crippen molar-refractivity contribution in [3.05, 3.63) is 48.3 Å². The van der Waals surface area contributed by atoms with Crippen LogP contribution in [0.2, 0.25) is 0 Å². The van der Waals surface area contributed by atoms with Gasteiger partial charge in [0.15, 0.2) is 15.7 Å². The first-order valence-corrected chi connectivity index (χ1v) is 10.8. The number of aromatic nitrogens is 3. The number of halogens is 1. The predicted octanol–water partition coefficient (Wildman–Crippen LogP) is 1.28. The number of sulfone groups is 1. The lowest BCUT2D eigenvalue weighted by atomic mass is 10.1. The molecule has 0 amide bonds. The van der Waals surface area contributed by atoms with Crippen LogP contribution < -0.4 is 4.90 Å². The first-order valence-electron chi connectivity index (χ1n) is 9.10. The number of fused-ring (bicyclic) bond motifs is 1. The van der Waals surface area contributed by atoms with E-state index in [1.54, 1.807) is 6.20 Å². The minimum absolute atomic E-state index is 0.0468. The van der Waals surface area contributed by atoms with Crippen LogP contribution in [-0.4, -0.2) is 64.9 Å². The fraction of sp³-hybridized carbons (Fsp3) is 0.500. The van der Waals surface area contributed by atoms with Crippen molar-refractivity contribution in [1.29, 1.82) is 0 Å². The Morgan fingerprint density at radius 3 is 2.63 bits per heavy atom. The summed E-state index contributed by atoms with van der Waals surface area (Å²) in [5.41, 5.74) is 1.08. The van der Waals surface area contributed by atoms with Crippen molar-refractivity contribution in [1.82, 2.24) is 19.9 Å². The lowest BCUT2D eigenvalue weighted by molar-refractivity contribution is 0.175. The molecule has 2 aliphatic heterocycles. The van der Waals surface area contributed by atoms with Crippen LogP contribution in [0.15, 0.2) is 36.9 Å². The number of rotatable bonds is 3. The van der Waals surface area contributed by atoms with Gasteiger partial charge in [0.1, 0.15) is 0 Å². The molecule has 2 aromatic rings. The summed E-state index contributed by atoms with van der Waals surface area (Å²) in [5, 5.41) is -0.395. The Morgan fingerprint density at radius 2 is 1.89 bits per heavy atom. The largest absolute Gasteiger partial charge is 0.341 e. The van der Waals surface area contributed by atoms with Crippen LogP contribution in [0.5, 0.6) is 0 Å². The number of pyridine rings is 1. The van der Waals surface area contributed by atoms with E-state index in [4.69, 9.17) is 0 Å². The third-order valence-corrected chi connectivity index (χ3v) is 7.62. The van der Waals surface area contributed by atoms with Gasteiger partial charge in [-0.15, -0.1) is 0 Å². The molecule has 0 aliphatic carbocycles. The lowest BCUT2D eigenvalue weighted by Crippen LogP contribution is -2.54. The topological polar surface area (TPSA) is 79.3 Å². The quantitative estimate of drug-likeness (QED) is 0.780. The van der Waals surface area contributed by atoms with E-state index in [9.17, 15) is 12.8 Å². The van der Waals surface area contributed by atoms with E-state index in [0.717, 1.165) is 18.0 Å². The molecule has 9 heteroatoms. The number of hydrogen-bond donors (Lipinski definition) is 0. The third kappa shape index (κ3) is 3.93. The minimum Gasteiger partial charge on any atom is -0.341 e. The van der Waals surface area contributed by atoms with Gasteiger partial charge in [0, 0.05) is 44.6 Å². The van der Waals surface area contributed by atoms with Gasteiger partial charge in [0.25, 0.3) is 0 Å². The molecule has 2 saturated heterocycles. The van der Waals surface area contributed by atoms with Gasteiger partial charge in [0.2, 0.25) is 5.95 Å². The van der Waals surface area contributed by atoms with Crippen molar-refractivity contribution in [3.63, 3.8) is 0 Å². The highest BCUT2D eigenvalue weighted by atomic mass is 32.2. The van der Waals surface area contributed by atoms with Gasteiger partial charge in [-0.05, 0) is 24.5 Å². The Labute approximate surface area is 158 Å². The second kappa shape index (κ2) is 7.47. The maximum Gasteiger partial charge on any atom is 0.225 e. The SMILES string of the molecule is O=S1(=O)CCN(Cc2cccnc2)[C@@H]2CCN(c3ncc(F)cn3)CC[C@@H]21. The van der Waals surface area contributed by atoms with E-state index in [1.807, 2.05) is 23.2 Å². The molecule has 2 aliphatic rings. The molecule has 7 nitrogen and oxygen atoms in total. The van der Waals surface area contributed by atoms with Crippen LogP contribution in [0.1, 0.15) is 18.4 Å². The molecule has 144 valence electrons. The summed E-state index contributed by atoms with van der Waals surface area (Å²) < 4.78 is 38.5. The molecule has 4 heterocycles. The van der Waals surface area contributed by atoms with Crippen LogP contribution in [0.25, 0.3) is 0 Å². The second-order valence-electron chi connectivity index (χ2n) is 7.07. The van der Waals surface area contributed by atoms with Crippen LogP contribution in [-0.2, 0) is 16.4 Å². The first-order chi connectivity index (χ1) is 13.0. The van der Waals surface area contributed by atoms with Crippen molar-refractivity contribution in [2.45, 2.75) is 30.7 Å². The van der Waals surface area contributed by atoms with Gasteiger partial charge in [-0.3, -0.25) is 9.88 Å². The minimum atomic E-state index is -3.13. The Bertz CT molecular complexity index is 878. The zero-order valence-corrected chi connectivity index (χ0v) is 15.7. The molecular weight excluding hydrogens is 369 g/mol. The first kappa shape index (κ1) is 18.2. The molecule has 0 radical (unpaired) electrons. The van der Waals surface area contributed by atoms with Gasteiger partial charge in [-0.2, -0.15) is 0 Å². The highest BCUT2D eigenvalue weighted by molar-refractivity contribution is 7.92. The molecule has 0 saturated carbocycles. The van der Waals surface area contributed by atoms with Crippen LogP contribution >= 0.6 is 0 Å². The van der Waals surface area contributed by atoms with Crippen molar-refractivity contribution < 1.29 is 12.8 Å². The highest BCUT2D eigenvalue weighted by Crippen LogP contribution is 2.30. The molecule has 0 bridgehead atoms. The Morgan fingerprint density at radius 1 is 1.11 bits per heavy atom. The molecule has 27 heavy (non-hydrogen) atoms. The van der Waals surface area contributed by atoms with E-state index in [1.165, 1.54) is 0 Å². The van der Waals surface area contributed by atoms with Crippen LogP contribution in [0.3, 0.4) is 0 Å². The molecule has 0 N–H and O–H groups in total. The summed E-state index contributed by atoms with van der Waals surface area (Å²) in [6, 6.07) is 3.86. The summed E-state index contributed by atoms with van der Waals surface area (Å²) in [6.07, 6.45) is 7.08. The van der Waals surface area contributed by atoms with E-state index in [-0.39, 0.29) is 11.8 Å². The average molecular weight is 391 g/mol. The standard InChI is InChI=1S/C18H22FN5O2S/c19-15-11-21-18(22-12-15)23-6-3-16-17(4-7-23)27(25,26)9-8-24(16)13-14-2-1-5-20-10-14/h1-2,5,10-12,16-17H,3-4,6-9,13H2/t16-,17+/m1/s1. The predicted molar refractivity (Wildman–Crippen MR) is 99.4 cm³/mol. The van der Waals surface area contributed by atoms with Crippen LogP contribution in [0.4, 0.5) is 10.3 Å². The number of anilines is 1. The zero-order valence-electron chi connectivity index (χ0n) is 14.9. The monoisotopic (exact) mass is 391 g/mol. The molecule has 0 spiro atoms. The van der Waals surface area contributed by atoms with Crippen molar-refractivity contribution in [3.8, 4) is 0 Å². The van der Waals surface area contributed by atoms with Gasteiger partial charge in [0.05, 0.1) is 23.4 Å². The van der Waals surface area contributed by atoms with Crippen molar-refractivity contribution in [2.24, 2.45) is 0 Å². The molecule has 4 rings (SSSR count). The van der Waals surface area contributed by atoms with E-state index in [0.29, 0.717) is 45.0 Å². The molecule has 2 atom stereocenters. The van der Waals surface area contributed by atoms with Crippen molar-refractivity contribution >= 4 is 15.8 Å². The Kier molecular flexibility index (Phi) is 5.05. The smallest absolute Gasteiger partial charge is 0.225 e. The Hall–Kier alpha value is -2.13. The third-order valence-electron chi connectivity index (χ3n) is 5.40. The van der Waals surface area contributed by atoms with Gasteiger partial charge in [-0.1, -0.05) is 6.07 Å². The fourth-order valence-electron chi connectivity index (χ4n) is 4.05. The maximum absolute atomic E-state index is 13.1. The van der Waals surface area contributed by atoms with Gasteiger partial charge < -0.3 is 4.90 Å². The second-order valence-corrected chi connectivity index (χ2v) is 9.41. The summed E-state index contributed by atoms with van der Waals surface area (Å²) in [7, 11) is -3.13. The zero-order chi connectivity index (χ0) is 18.9. The summed E-state index contributed by atoms with van der Waals surface area (Å²) >= 11 is 0. The van der Waals surface area contributed by atoms with Gasteiger partial charge >= 0.3 is 0 Å². The molecule has 0 aromatic carbocycles. The maximum atomic E-state index is 13.1. The lowest BCUT2D eigenvalue weighted by Gasteiger charge is -2.40. The molecule has 0 unspecified atom stereocenters. The normalized spacial score (nSPS) is 25.6. The molecule has 2 aromatic heterocycles. The summed E-state index contributed by atoms with van der Waals surface area (Å²) in [5.74, 6) is 0.153. The van der Waals surface area contributed by atoms with Crippen molar-refractivity contribution in [2.75, 3.05) is 30.3 Å². The molecule has 2 fully saturated rings.